The van der Waals surface area contributed by atoms with E-state index in [0.29, 0.717) is 5.75 Å². The predicted molar refractivity (Wildman–Crippen MR) is 80.5 cm³/mol. The summed E-state index contributed by atoms with van der Waals surface area (Å²) in [5, 5.41) is 5.23. The van der Waals surface area contributed by atoms with E-state index in [2.05, 4.69) is 26.6 Å². The molecule has 0 radical (unpaired) electrons. The van der Waals surface area contributed by atoms with E-state index < -0.39 is 6.10 Å². The van der Waals surface area contributed by atoms with Crippen molar-refractivity contribution < 1.29 is 14.3 Å². The average Bonchev–Trinajstić information content (AvgIpc) is 2.37. The highest BCUT2D eigenvalue weighted by molar-refractivity contribution is 9.10. The van der Waals surface area contributed by atoms with Gasteiger partial charge >= 0.3 is 0 Å². The summed E-state index contributed by atoms with van der Waals surface area (Å²) in [6, 6.07) is 7.24. The van der Waals surface area contributed by atoms with Gasteiger partial charge in [0.15, 0.2) is 6.10 Å². The molecule has 2 amide bonds. The first-order valence-corrected chi connectivity index (χ1v) is 7.17. The van der Waals surface area contributed by atoms with Crippen molar-refractivity contribution in [3.63, 3.8) is 0 Å². The molecular weight excluding hydrogens is 324 g/mol. The molecule has 6 heteroatoms. The van der Waals surface area contributed by atoms with Crippen molar-refractivity contribution in [1.82, 2.24) is 10.6 Å². The lowest BCUT2D eigenvalue weighted by Gasteiger charge is -2.15. The highest BCUT2D eigenvalue weighted by Crippen LogP contribution is 2.17. The summed E-state index contributed by atoms with van der Waals surface area (Å²) < 4.78 is 6.42. The van der Waals surface area contributed by atoms with Crippen LogP contribution in [0.25, 0.3) is 0 Å². The first kappa shape index (κ1) is 16.5. The minimum Gasteiger partial charge on any atom is -0.481 e. The first-order chi connectivity index (χ1) is 9.38. The van der Waals surface area contributed by atoms with Gasteiger partial charge < -0.3 is 15.4 Å². The zero-order valence-corrected chi connectivity index (χ0v) is 13.4. The molecule has 0 aliphatic carbocycles. The Kier molecular flexibility index (Phi) is 6.51. The number of hydrogen-bond acceptors (Lipinski definition) is 3. The van der Waals surface area contributed by atoms with Crippen LogP contribution in [-0.2, 0) is 9.59 Å². The van der Waals surface area contributed by atoms with Gasteiger partial charge in [-0.1, -0.05) is 15.9 Å². The molecule has 0 saturated heterocycles. The maximum Gasteiger partial charge on any atom is 0.261 e. The van der Waals surface area contributed by atoms with Crippen LogP contribution in [0.3, 0.4) is 0 Å². The van der Waals surface area contributed by atoms with Crippen LogP contribution in [0.2, 0.25) is 0 Å². The second-order valence-electron chi connectivity index (χ2n) is 4.65. The summed E-state index contributed by atoms with van der Waals surface area (Å²) in [5.74, 6) is 0.0542. The lowest BCUT2D eigenvalue weighted by molar-refractivity contribution is -0.130. The lowest BCUT2D eigenvalue weighted by Crippen LogP contribution is -2.43. The molecule has 1 aromatic carbocycles. The fraction of sp³-hybridized carbons (Fsp3) is 0.429. The molecule has 110 valence electrons. The van der Waals surface area contributed by atoms with E-state index in [1.54, 1.807) is 19.1 Å². The zero-order chi connectivity index (χ0) is 15.1. The van der Waals surface area contributed by atoms with E-state index in [0.717, 1.165) is 4.47 Å². The number of carbonyl (C=O) groups excluding carboxylic acids is 2. The topological polar surface area (TPSA) is 67.4 Å². The van der Waals surface area contributed by atoms with E-state index in [4.69, 9.17) is 4.74 Å². The minimum absolute atomic E-state index is 0.0505. The van der Waals surface area contributed by atoms with Crippen molar-refractivity contribution in [1.29, 1.82) is 0 Å². The number of nitrogens with one attached hydrogen (secondary N) is 2. The first-order valence-electron chi connectivity index (χ1n) is 6.37. The number of hydrogen-bond donors (Lipinski definition) is 2. The fourth-order valence-corrected chi connectivity index (χ4v) is 1.72. The van der Waals surface area contributed by atoms with E-state index in [1.165, 1.54) is 0 Å². The fourth-order valence-electron chi connectivity index (χ4n) is 1.45. The van der Waals surface area contributed by atoms with Gasteiger partial charge in [-0.15, -0.1) is 0 Å². The molecule has 0 bridgehead atoms. The molecule has 1 atom stereocenters. The van der Waals surface area contributed by atoms with Crippen molar-refractivity contribution in [2.75, 3.05) is 6.54 Å². The summed E-state index contributed by atoms with van der Waals surface area (Å²) in [5.41, 5.74) is 0. The second-order valence-corrected chi connectivity index (χ2v) is 5.57. The van der Waals surface area contributed by atoms with Crippen LogP contribution in [0.1, 0.15) is 20.8 Å². The van der Waals surface area contributed by atoms with Crippen molar-refractivity contribution in [3.8, 4) is 5.75 Å². The maximum atomic E-state index is 11.8. The Hall–Kier alpha value is -1.56. The van der Waals surface area contributed by atoms with Gasteiger partial charge in [0.1, 0.15) is 5.75 Å². The molecule has 2 N–H and O–H groups in total. The minimum atomic E-state index is -0.664. The van der Waals surface area contributed by atoms with Crippen LogP contribution in [-0.4, -0.2) is 30.5 Å². The Balaban J connectivity index is 2.39. The smallest absolute Gasteiger partial charge is 0.261 e. The number of ether oxygens (including phenoxy) is 1. The van der Waals surface area contributed by atoms with E-state index in [-0.39, 0.29) is 24.4 Å². The third kappa shape index (κ3) is 6.06. The van der Waals surface area contributed by atoms with Gasteiger partial charge in [-0.25, -0.2) is 0 Å². The number of halogens is 1. The number of amides is 2. The Morgan fingerprint density at radius 3 is 2.35 bits per heavy atom. The summed E-state index contributed by atoms with van der Waals surface area (Å²) in [6.07, 6.45) is -0.664. The molecule has 0 saturated carbocycles. The average molecular weight is 343 g/mol. The van der Waals surface area contributed by atoms with Crippen molar-refractivity contribution in [2.45, 2.75) is 32.9 Å². The molecule has 0 aliphatic rings. The third-order valence-electron chi connectivity index (χ3n) is 2.37. The number of benzene rings is 1. The van der Waals surface area contributed by atoms with Crippen molar-refractivity contribution in [2.24, 2.45) is 0 Å². The van der Waals surface area contributed by atoms with E-state index in [9.17, 15) is 9.59 Å². The monoisotopic (exact) mass is 342 g/mol. The van der Waals surface area contributed by atoms with Crippen LogP contribution in [0.4, 0.5) is 0 Å². The number of rotatable bonds is 6. The van der Waals surface area contributed by atoms with Gasteiger partial charge in [-0.3, -0.25) is 9.59 Å². The van der Waals surface area contributed by atoms with Gasteiger partial charge in [0.2, 0.25) is 5.91 Å². The standard InChI is InChI=1S/C14H19BrN2O3/c1-9(2)17-13(18)8-16-14(19)10(3)20-12-6-4-11(15)5-7-12/h4-7,9-10H,8H2,1-3H3,(H,16,19)(H,17,18)/t10-/m0/s1. The van der Waals surface area contributed by atoms with E-state index in [1.807, 2.05) is 26.0 Å². The van der Waals surface area contributed by atoms with Crippen LogP contribution in [0.15, 0.2) is 28.7 Å². The Morgan fingerprint density at radius 1 is 1.20 bits per heavy atom. The van der Waals surface area contributed by atoms with Crippen LogP contribution < -0.4 is 15.4 Å². The van der Waals surface area contributed by atoms with Gasteiger partial charge in [0, 0.05) is 10.5 Å². The Labute approximate surface area is 127 Å². The zero-order valence-electron chi connectivity index (χ0n) is 11.8. The largest absolute Gasteiger partial charge is 0.481 e. The highest BCUT2D eigenvalue weighted by atomic mass is 79.9. The van der Waals surface area contributed by atoms with Gasteiger partial charge in [0.25, 0.3) is 5.91 Å². The van der Waals surface area contributed by atoms with Crippen LogP contribution in [0, 0.1) is 0 Å². The summed E-state index contributed by atoms with van der Waals surface area (Å²) in [7, 11) is 0. The lowest BCUT2D eigenvalue weighted by atomic mass is 10.3. The maximum absolute atomic E-state index is 11.8. The van der Waals surface area contributed by atoms with Crippen molar-refractivity contribution in [3.05, 3.63) is 28.7 Å². The molecule has 0 unspecified atom stereocenters. The molecule has 0 heterocycles. The molecule has 0 fully saturated rings. The Bertz CT molecular complexity index is 460. The summed E-state index contributed by atoms with van der Waals surface area (Å²) in [6.45, 7) is 5.31. The molecule has 1 aromatic rings. The molecule has 0 aromatic heterocycles. The van der Waals surface area contributed by atoms with Crippen molar-refractivity contribution >= 4 is 27.7 Å². The highest BCUT2D eigenvalue weighted by Gasteiger charge is 2.15. The normalized spacial score (nSPS) is 11.8. The summed E-state index contributed by atoms with van der Waals surface area (Å²) >= 11 is 3.32. The second kappa shape index (κ2) is 7.89. The van der Waals surface area contributed by atoms with Gasteiger partial charge in [-0.05, 0) is 45.0 Å². The predicted octanol–water partition coefficient (Wildman–Crippen LogP) is 1.86. The van der Waals surface area contributed by atoms with Gasteiger partial charge in [-0.2, -0.15) is 0 Å². The molecule has 5 nitrogen and oxygen atoms in total. The molecule has 0 spiro atoms. The SMILES string of the molecule is CC(C)NC(=O)CNC(=O)[C@H](C)Oc1ccc(Br)cc1. The molecule has 0 aliphatic heterocycles. The molecular formula is C14H19BrN2O3. The number of carbonyl (C=O) groups is 2. The Morgan fingerprint density at radius 2 is 1.80 bits per heavy atom. The molecule has 1 rings (SSSR count). The quantitative estimate of drug-likeness (QED) is 0.829. The van der Waals surface area contributed by atoms with Crippen LogP contribution in [0.5, 0.6) is 5.75 Å². The third-order valence-corrected chi connectivity index (χ3v) is 2.90. The van der Waals surface area contributed by atoms with Crippen LogP contribution >= 0.6 is 15.9 Å². The summed E-state index contributed by atoms with van der Waals surface area (Å²) in [4.78, 5) is 23.2. The van der Waals surface area contributed by atoms with Gasteiger partial charge in [0.05, 0.1) is 6.54 Å². The molecule has 20 heavy (non-hydrogen) atoms. The van der Waals surface area contributed by atoms with E-state index >= 15 is 0 Å².